The van der Waals surface area contributed by atoms with E-state index in [1.165, 1.54) is 24.3 Å². The largest absolute Gasteiger partial charge is 0.459 e. The van der Waals surface area contributed by atoms with E-state index < -0.39 is 21.3 Å². The molecule has 1 saturated carbocycles. The molecule has 2 aliphatic heterocycles. The molecule has 1 fully saturated rings. The fourth-order valence-corrected chi connectivity index (χ4v) is 4.47. The maximum atomic E-state index is 11.2. The van der Waals surface area contributed by atoms with Crippen LogP contribution in [0.25, 0.3) is 0 Å². The summed E-state index contributed by atoms with van der Waals surface area (Å²) in [7, 11) is 0. The number of benzene rings is 2. The Bertz CT molecular complexity index is 1060. The molecule has 0 saturated heterocycles. The Morgan fingerprint density at radius 1 is 0.931 bits per heavy atom. The molecule has 0 bridgehead atoms. The lowest BCUT2D eigenvalue weighted by Gasteiger charge is -2.59. The number of nitrogens with one attached hydrogen (secondary N) is 2. The highest BCUT2D eigenvalue weighted by molar-refractivity contribution is 5.70. The van der Waals surface area contributed by atoms with E-state index in [2.05, 4.69) is 17.6 Å². The summed E-state index contributed by atoms with van der Waals surface area (Å²) in [5.74, 6) is 1.05. The Balaban J connectivity index is 1.64. The van der Waals surface area contributed by atoms with Gasteiger partial charge < -0.3 is 20.1 Å². The lowest BCUT2D eigenvalue weighted by molar-refractivity contribution is -0.385. The fourth-order valence-electron chi connectivity index (χ4n) is 4.47. The molecule has 10 nitrogen and oxygen atoms in total. The Kier molecular flexibility index (Phi) is 3.46. The van der Waals surface area contributed by atoms with Gasteiger partial charge >= 0.3 is 0 Å². The van der Waals surface area contributed by atoms with Gasteiger partial charge in [0.2, 0.25) is 11.4 Å². The highest BCUT2D eigenvalue weighted by Crippen LogP contribution is 2.55. The molecule has 3 aliphatic rings. The number of ether oxygens (including phenoxy) is 2. The summed E-state index contributed by atoms with van der Waals surface area (Å²) in [4.78, 5) is 21.4. The van der Waals surface area contributed by atoms with E-state index >= 15 is 0 Å². The van der Waals surface area contributed by atoms with Crippen LogP contribution in [-0.2, 0) is 0 Å². The lowest BCUT2D eigenvalue weighted by Crippen LogP contribution is -2.74. The molecule has 2 heterocycles. The topological polar surface area (TPSA) is 129 Å². The molecule has 0 aromatic heterocycles. The number of nitro benzene ring substituents is 2. The van der Waals surface area contributed by atoms with Gasteiger partial charge in [0, 0.05) is 25.0 Å². The molecule has 0 amide bonds. The minimum absolute atomic E-state index is 0.0635. The Morgan fingerprint density at radius 2 is 1.45 bits per heavy atom. The number of nitro groups is 2. The molecular weight excluding hydrogens is 380 g/mol. The Morgan fingerprint density at radius 3 is 2.00 bits per heavy atom. The van der Waals surface area contributed by atoms with Crippen molar-refractivity contribution in [2.24, 2.45) is 5.92 Å². The van der Waals surface area contributed by atoms with Crippen LogP contribution in [0.5, 0.6) is 11.5 Å². The molecule has 10 heteroatoms. The third-order valence-electron chi connectivity index (χ3n) is 5.87. The summed E-state index contributed by atoms with van der Waals surface area (Å²) in [6.07, 6.45) is 2.06. The Hall–Kier alpha value is -3.56. The summed E-state index contributed by atoms with van der Waals surface area (Å²) in [6, 6.07) is 8.78. The SMILES string of the molecule is CC1CC[C@]23Nc4ccc([N+](=O)[O-])cc4O[C@@]2(C1)Nc1ccc([N+](=O)[O-])cc1O3. The van der Waals surface area contributed by atoms with Gasteiger partial charge in [-0.15, -0.1) is 0 Å². The summed E-state index contributed by atoms with van der Waals surface area (Å²) in [5.41, 5.74) is -0.967. The van der Waals surface area contributed by atoms with Crippen LogP contribution in [0.4, 0.5) is 22.7 Å². The normalized spacial score (nSPS) is 28.7. The van der Waals surface area contributed by atoms with Gasteiger partial charge in [-0.3, -0.25) is 20.2 Å². The minimum atomic E-state index is -1.00. The average Bonchev–Trinajstić information content (AvgIpc) is 2.67. The fraction of sp³-hybridized carbons (Fsp3) is 0.368. The molecule has 2 N–H and O–H groups in total. The van der Waals surface area contributed by atoms with E-state index in [0.717, 1.165) is 6.42 Å². The standard InChI is InChI=1S/C19H18N4O6/c1-11-6-7-18-19(10-11,21-15-5-3-12(22(24)25)8-16(15)28-18)29-17-9-13(23(26)27)2-4-14(17)20-18/h2-5,8-9,11,20-21H,6-7,10H2,1H3/t11?,18-,19-/m1/s1. The van der Waals surface area contributed by atoms with Crippen molar-refractivity contribution in [3.8, 4) is 11.5 Å². The van der Waals surface area contributed by atoms with Crippen molar-refractivity contribution in [1.82, 2.24) is 0 Å². The average molecular weight is 398 g/mol. The molecule has 0 spiro atoms. The number of hydrogen-bond donors (Lipinski definition) is 2. The number of fused-ring (bicyclic) bond motifs is 2. The summed E-state index contributed by atoms with van der Waals surface area (Å²) >= 11 is 0. The first kappa shape index (κ1) is 17.5. The maximum absolute atomic E-state index is 11.2. The van der Waals surface area contributed by atoms with Crippen LogP contribution >= 0.6 is 0 Å². The second-order valence-electron chi connectivity index (χ2n) is 7.83. The van der Waals surface area contributed by atoms with Crippen LogP contribution in [0.3, 0.4) is 0 Å². The van der Waals surface area contributed by atoms with E-state index in [4.69, 9.17) is 9.47 Å². The first-order chi connectivity index (χ1) is 13.8. The van der Waals surface area contributed by atoms with Crippen molar-refractivity contribution in [1.29, 1.82) is 0 Å². The molecule has 2 aromatic rings. The lowest BCUT2D eigenvalue weighted by atomic mass is 9.75. The van der Waals surface area contributed by atoms with E-state index in [1.54, 1.807) is 12.1 Å². The number of anilines is 2. The van der Waals surface area contributed by atoms with Crippen LogP contribution in [0.2, 0.25) is 0 Å². The number of nitrogens with zero attached hydrogens (tertiary/aromatic N) is 2. The summed E-state index contributed by atoms with van der Waals surface area (Å²) in [5, 5.41) is 29.1. The highest BCUT2D eigenvalue weighted by Gasteiger charge is 2.64. The highest BCUT2D eigenvalue weighted by atomic mass is 16.6. The monoisotopic (exact) mass is 398 g/mol. The Labute approximate surface area is 165 Å². The van der Waals surface area contributed by atoms with Crippen LogP contribution < -0.4 is 20.1 Å². The van der Waals surface area contributed by atoms with Crippen molar-refractivity contribution >= 4 is 22.7 Å². The van der Waals surface area contributed by atoms with Gasteiger partial charge in [0.1, 0.15) is 0 Å². The van der Waals surface area contributed by atoms with Gasteiger partial charge in [0.25, 0.3) is 11.4 Å². The predicted octanol–water partition coefficient (Wildman–Crippen LogP) is 4.02. The van der Waals surface area contributed by atoms with Gasteiger partial charge in [0.05, 0.1) is 33.4 Å². The molecule has 150 valence electrons. The van der Waals surface area contributed by atoms with Gasteiger partial charge in [-0.1, -0.05) is 6.92 Å². The molecule has 0 radical (unpaired) electrons. The van der Waals surface area contributed by atoms with Crippen LogP contribution in [0.15, 0.2) is 36.4 Å². The minimum Gasteiger partial charge on any atom is -0.459 e. The molecule has 3 atom stereocenters. The van der Waals surface area contributed by atoms with Crippen LogP contribution in [0.1, 0.15) is 26.2 Å². The second kappa shape index (κ2) is 5.72. The van der Waals surface area contributed by atoms with Crippen molar-refractivity contribution < 1.29 is 19.3 Å². The number of rotatable bonds is 2. The van der Waals surface area contributed by atoms with Gasteiger partial charge in [0.15, 0.2) is 11.5 Å². The molecular formula is C19H18N4O6. The molecule has 2 aromatic carbocycles. The summed E-state index contributed by atoms with van der Waals surface area (Å²) in [6.45, 7) is 2.11. The first-order valence-electron chi connectivity index (χ1n) is 9.32. The van der Waals surface area contributed by atoms with E-state index in [9.17, 15) is 20.2 Å². The zero-order valence-corrected chi connectivity index (χ0v) is 15.5. The molecule has 29 heavy (non-hydrogen) atoms. The van der Waals surface area contributed by atoms with Crippen LogP contribution in [0, 0.1) is 26.1 Å². The van der Waals surface area contributed by atoms with Crippen molar-refractivity contribution in [3.63, 3.8) is 0 Å². The molecule has 5 rings (SSSR count). The van der Waals surface area contributed by atoms with E-state index in [-0.39, 0.29) is 11.4 Å². The third-order valence-corrected chi connectivity index (χ3v) is 5.87. The van der Waals surface area contributed by atoms with E-state index in [1.807, 2.05) is 0 Å². The third kappa shape index (κ3) is 2.48. The quantitative estimate of drug-likeness (QED) is 0.573. The van der Waals surface area contributed by atoms with Gasteiger partial charge in [-0.25, -0.2) is 0 Å². The summed E-state index contributed by atoms with van der Waals surface area (Å²) < 4.78 is 12.7. The van der Waals surface area contributed by atoms with Gasteiger partial charge in [-0.05, 0) is 24.5 Å². The van der Waals surface area contributed by atoms with Crippen molar-refractivity contribution in [2.75, 3.05) is 10.6 Å². The number of non-ortho nitro benzene ring substituents is 2. The first-order valence-corrected chi connectivity index (χ1v) is 9.32. The zero-order valence-electron chi connectivity index (χ0n) is 15.5. The predicted molar refractivity (Wildman–Crippen MR) is 103 cm³/mol. The van der Waals surface area contributed by atoms with Gasteiger partial charge in [-0.2, -0.15) is 0 Å². The smallest absolute Gasteiger partial charge is 0.273 e. The van der Waals surface area contributed by atoms with Crippen molar-refractivity contribution in [3.05, 3.63) is 56.6 Å². The van der Waals surface area contributed by atoms with Crippen LogP contribution in [-0.4, -0.2) is 21.3 Å². The number of hydrogen-bond acceptors (Lipinski definition) is 8. The zero-order chi connectivity index (χ0) is 20.4. The van der Waals surface area contributed by atoms with Crippen molar-refractivity contribution in [2.45, 2.75) is 37.6 Å². The molecule has 1 unspecified atom stereocenters. The maximum Gasteiger partial charge on any atom is 0.273 e. The van der Waals surface area contributed by atoms with E-state index in [0.29, 0.717) is 41.6 Å². The second-order valence-corrected chi connectivity index (χ2v) is 7.83. The molecule has 1 aliphatic carbocycles.